The molecule has 1 aliphatic rings. The summed E-state index contributed by atoms with van der Waals surface area (Å²) in [5.41, 5.74) is 1.63. The van der Waals surface area contributed by atoms with Gasteiger partial charge in [-0.25, -0.2) is 0 Å². The molecule has 1 saturated heterocycles. The van der Waals surface area contributed by atoms with Crippen LogP contribution in [0.3, 0.4) is 0 Å². The van der Waals surface area contributed by atoms with Gasteiger partial charge in [0, 0.05) is 38.6 Å². The number of nitrogens with one attached hydrogen (secondary N) is 2. The molecular formula is C25H37IN4O2. The average Bonchev–Trinajstić information content (AvgIpc) is 2.79. The van der Waals surface area contributed by atoms with Crippen LogP contribution >= 0.6 is 24.0 Å². The number of benzene rings is 2. The predicted octanol–water partition coefficient (Wildman–Crippen LogP) is 3.07. The Morgan fingerprint density at radius 3 is 2.12 bits per heavy atom. The van der Waals surface area contributed by atoms with Gasteiger partial charge in [0.15, 0.2) is 5.96 Å². The van der Waals surface area contributed by atoms with Crippen molar-refractivity contribution in [1.82, 2.24) is 15.5 Å². The Morgan fingerprint density at radius 2 is 1.59 bits per heavy atom. The van der Waals surface area contributed by atoms with Gasteiger partial charge in [0.05, 0.1) is 25.4 Å². The molecule has 32 heavy (non-hydrogen) atoms. The second-order valence-corrected chi connectivity index (χ2v) is 8.34. The molecule has 2 aromatic carbocycles. The van der Waals surface area contributed by atoms with E-state index in [1.807, 2.05) is 19.1 Å². The quantitative estimate of drug-likeness (QED) is 0.254. The zero-order valence-electron chi connectivity index (χ0n) is 19.2. The van der Waals surface area contributed by atoms with Crippen LogP contribution in [0.5, 0.6) is 0 Å². The van der Waals surface area contributed by atoms with E-state index in [1.165, 1.54) is 11.1 Å². The van der Waals surface area contributed by atoms with Crippen LogP contribution < -0.4 is 10.6 Å². The third-order valence-electron chi connectivity index (χ3n) is 5.47. The van der Waals surface area contributed by atoms with E-state index in [-0.39, 0.29) is 29.9 Å². The van der Waals surface area contributed by atoms with Crippen LogP contribution in [0.2, 0.25) is 0 Å². The SMILES string of the molecule is CCNC(=NCC(C)(O)CN1CCOCC1)NCC(c1ccccc1)c1ccccc1.I. The fraction of sp³-hybridized carbons (Fsp3) is 0.480. The highest BCUT2D eigenvalue weighted by molar-refractivity contribution is 14.0. The highest BCUT2D eigenvalue weighted by Crippen LogP contribution is 2.23. The molecule has 0 spiro atoms. The van der Waals surface area contributed by atoms with Gasteiger partial charge >= 0.3 is 0 Å². The number of morpholine rings is 1. The summed E-state index contributed by atoms with van der Waals surface area (Å²) < 4.78 is 5.40. The van der Waals surface area contributed by atoms with Gasteiger partial charge in [-0.15, -0.1) is 24.0 Å². The van der Waals surface area contributed by atoms with Gasteiger partial charge in [-0.2, -0.15) is 0 Å². The molecule has 0 aromatic heterocycles. The first kappa shape index (κ1) is 26.6. The monoisotopic (exact) mass is 552 g/mol. The van der Waals surface area contributed by atoms with Crippen molar-refractivity contribution in [2.24, 2.45) is 4.99 Å². The van der Waals surface area contributed by atoms with Crippen molar-refractivity contribution in [3.05, 3.63) is 71.8 Å². The van der Waals surface area contributed by atoms with Crippen LogP contribution in [-0.2, 0) is 4.74 Å². The summed E-state index contributed by atoms with van der Waals surface area (Å²) in [5, 5.41) is 17.7. The van der Waals surface area contributed by atoms with E-state index in [9.17, 15) is 5.11 Å². The average molecular weight is 553 g/mol. The summed E-state index contributed by atoms with van der Waals surface area (Å²) in [5.74, 6) is 0.932. The molecule has 1 unspecified atom stereocenters. The van der Waals surface area contributed by atoms with Gasteiger partial charge in [0.2, 0.25) is 0 Å². The van der Waals surface area contributed by atoms with Crippen LogP contribution in [0, 0.1) is 0 Å². The molecule has 1 heterocycles. The molecule has 2 aromatic rings. The molecule has 0 amide bonds. The zero-order valence-corrected chi connectivity index (χ0v) is 21.5. The van der Waals surface area contributed by atoms with Gasteiger partial charge in [-0.3, -0.25) is 9.89 Å². The Bertz CT molecular complexity index is 757. The first-order valence-corrected chi connectivity index (χ1v) is 11.2. The van der Waals surface area contributed by atoms with Crippen molar-refractivity contribution >= 4 is 29.9 Å². The van der Waals surface area contributed by atoms with E-state index >= 15 is 0 Å². The number of hydrogen-bond donors (Lipinski definition) is 3. The largest absolute Gasteiger partial charge is 0.387 e. The van der Waals surface area contributed by atoms with Crippen molar-refractivity contribution in [3.8, 4) is 0 Å². The Labute approximate surface area is 209 Å². The number of hydrogen-bond acceptors (Lipinski definition) is 4. The molecule has 7 heteroatoms. The minimum atomic E-state index is -0.891. The van der Waals surface area contributed by atoms with Crippen LogP contribution in [-0.4, -0.2) is 74.0 Å². The summed E-state index contributed by atoms with van der Waals surface area (Å²) in [7, 11) is 0. The number of ether oxygens (including phenoxy) is 1. The standard InChI is InChI=1S/C25H36N4O2.HI/c1-3-26-24(28-19-25(2,30)20-29-14-16-31-17-15-29)27-18-23(21-10-6-4-7-11-21)22-12-8-5-9-13-22;/h4-13,23,30H,3,14-20H2,1-2H3,(H2,26,27,28);1H. The molecule has 1 fully saturated rings. The summed E-state index contributed by atoms with van der Waals surface area (Å²) in [6, 6.07) is 21.0. The highest BCUT2D eigenvalue weighted by Gasteiger charge is 2.25. The van der Waals surface area contributed by atoms with Crippen molar-refractivity contribution in [3.63, 3.8) is 0 Å². The van der Waals surface area contributed by atoms with E-state index in [1.54, 1.807) is 0 Å². The highest BCUT2D eigenvalue weighted by atomic mass is 127. The summed E-state index contributed by atoms with van der Waals surface area (Å²) in [6.45, 7) is 9.47. The zero-order chi connectivity index (χ0) is 21.9. The Balaban J connectivity index is 0.00000363. The molecule has 3 rings (SSSR count). The topological polar surface area (TPSA) is 69.1 Å². The third kappa shape index (κ3) is 8.69. The lowest BCUT2D eigenvalue weighted by Crippen LogP contribution is -2.48. The molecule has 0 bridgehead atoms. The van der Waals surface area contributed by atoms with Crippen molar-refractivity contribution in [2.45, 2.75) is 25.4 Å². The van der Waals surface area contributed by atoms with E-state index in [0.29, 0.717) is 19.6 Å². The predicted molar refractivity (Wildman–Crippen MR) is 142 cm³/mol. The van der Waals surface area contributed by atoms with E-state index in [4.69, 9.17) is 9.73 Å². The number of rotatable bonds is 9. The number of β-amino-alcohol motifs (C(OH)–C–C–N with tert-alkyl or cyclic N) is 1. The maximum atomic E-state index is 10.9. The number of halogens is 1. The smallest absolute Gasteiger partial charge is 0.191 e. The van der Waals surface area contributed by atoms with Gasteiger partial charge < -0.3 is 20.5 Å². The van der Waals surface area contributed by atoms with Crippen molar-refractivity contribution < 1.29 is 9.84 Å². The van der Waals surface area contributed by atoms with E-state index in [0.717, 1.165) is 38.8 Å². The number of aliphatic imine (C=N–C) groups is 1. The molecule has 1 atom stereocenters. The molecule has 1 aliphatic heterocycles. The van der Waals surface area contributed by atoms with Crippen LogP contribution in [0.4, 0.5) is 0 Å². The van der Waals surface area contributed by atoms with Gasteiger partial charge in [-0.05, 0) is 25.0 Å². The molecule has 176 valence electrons. The number of nitrogens with zero attached hydrogens (tertiary/aromatic N) is 2. The van der Waals surface area contributed by atoms with Crippen molar-refractivity contribution in [1.29, 1.82) is 0 Å². The lowest BCUT2D eigenvalue weighted by molar-refractivity contribution is -0.0179. The van der Waals surface area contributed by atoms with E-state index < -0.39 is 5.60 Å². The van der Waals surface area contributed by atoms with Gasteiger partial charge in [0.25, 0.3) is 0 Å². The lowest BCUT2D eigenvalue weighted by atomic mass is 9.91. The second kappa shape index (κ2) is 13.8. The fourth-order valence-electron chi connectivity index (χ4n) is 3.88. The molecule has 6 nitrogen and oxygen atoms in total. The Morgan fingerprint density at radius 1 is 1.03 bits per heavy atom. The van der Waals surface area contributed by atoms with Crippen LogP contribution in [0.15, 0.2) is 65.7 Å². The number of guanidine groups is 1. The minimum absolute atomic E-state index is 0. The molecule has 3 N–H and O–H groups in total. The summed E-state index contributed by atoms with van der Waals surface area (Å²) in [6.07, 6.45) is 0. The third-order valence-corrected chi connectivity index (χ3v) is 5.47. The van der Waals surface area contributed by atoms with Gasteiger partial charge in [-0.1, -0.05) is 60.7 Å². The number of aliphatic hydroxyl groups is 1. The summed E-state index contributed by atoms with van der Waals surface area (Å²) in [4.78, 5) is 6.93. The molecular weight excluding hydrogens is 515 g/mol. The normalized spacial score (nSPS) is 16.8. The Hall–Kier alpha value is -1.68. The molecule has 0 aliphatic carbocycles. The lowest BCUT2D eigenvalue weighted by Gasteiger charge is -2.33. The van der Waals surface area contributed by atoms with Crippen LogP contribution in [0.1, 0.15) is 30.9 Å². The first-order chi connectivity index (χ1) is 15.1. The van der Waals surface area contributed by atoms with Gasteiger partial charge in [0.1, 0.15) is 0 Å². The first-order valence-electron chi connectivity index (χ1n) is 11.2. The maximum Gasteiger partial charge on any atom is 0.191 e. The Kier molecular flexibility index (Phi) is 11.4. The summed E-state index contributed by atoms with van der Waals surface area (Å²) >= 11 is 0. The maximum absolute atomic E-state index is 10.9. The second-order valence-electron chi connectivity index (χ2n) is 8.34. The molecule has 0 saturated carbocycles. The molecule has 0 radical (unpaired) electrons. The minimum Gasteiger partial charge on any atom is -0.387 e. The van der Waals surface area contributed by atoms with Crippen molar-refractivity contribution in [2.75, 3.05) is 52.5 Å². The fourth-order valence-corrected chi connectivity index (χ4v) is 3.88. The van der Waals surface area contributed by atoms with Crippen LogP contribution in [0.25, 0.3) is 0 Å². The van der Waals surface area contributed by atoms with E-state index in [2.05, 4.69) is 71.0 Å².